The first kappa shape index (κ1) is 19.2. The van der Waals surface area contributed by atoms with Crippen molar-refractivity contribution in [3.05, 3.63) is 11.6 Å². The molecule has 25 heavy (non-hydrogen) atoms. The van der Waals surface area contributed by atoms with Crippen LogP contribution in [-0.2, 0) is 0 Å². The zero-order valence-electron chi connectivity index (χ0n) is 16.8. The summed E-state index contributed by atoms with van der Waals surface area (Å²) in [6.45, 7) is 13.8. The topological polar surface area (TPSA) is 27.6 Å². The highest BCUT2D eigenvalue weighted by atomic mass is 35.5. The summed E-state index contributed by atoms with van der Waals surface area (Å²) < 4.78 is 0. The van der Waals surface area contributed by atoms with Gasteiger partial charge in [-0.15, -0.1) is 11.6 Å². The van der Waals surface area contributed by atoms with Crippen molar-refractivity contribution in [1.82, 2.24) is 10.3 Å². The Morgan fingerprint density at radius 1 is 1.36 bits per heavy atom. The number of rotatable bonds is 6. The molecule has 0 unspecified atom stereocenters. The monoisotopic (exact) mass is 365 g/mol. The number of allylic oxidation sites excluding steroid dienone is 1. The second kappa shape index (κ2) is 7.60. The Kier molecular flexibility index (Phi) is 5.85. The number of hydrogen-bond acceptors (Lipinski definition) is 3. The second-order valence-electron chi connectivity index (χ2n) is 8.53. The molecule has 0 aromatic rings. The maximum absolute atomic E-state index is 6.95. The Morgan fingerprint density at radius 2 is 2.08 bits per heavy atom. The van der Waals surface area contributed by atoms with Crippen LogP contribution in [0.1, 0.15) is 67.2 Å². The molecule has 3 heterocycles. The minimum Gasteiger partial charge on any atom is -0.289 e. The summed E-state index contributed by atoms with van der Waals surface area (Å²) >= 11 is 6.95. The van der Waals surface area contributed by atoms with Crippen molar-refractivity contribution in [3.63, 3.8) is 0 Å². The van der Waals surface area contributed by atoms with Crippen molar-refractivity contribution in [2.24, 2.45) is 28.8 Å². The van der Waals surface area contributed by atoms with Crippen LogP contribution < -0.4 is 5.32 Å². The van der Waals surface area contributed by atoms with E-state index in [2.05, 4.69) is 57.9 Å². The number of halogens is 1. The molecule has 4 aliphatic rings. The fourth-order valence-corrected chi connectivity index (χ4v) is 5.71. The van der Waals surface area contributed by atoms with Gasteiger partial charge in [0.2, 0.25) is 0 Å². The third-order valence-electron chi connectivity index (χ3n) is 7.05. The van der Waals surface area contributed by atoms with Crippen molar-refractivity contribution >= 4 is 17.3 Å². The molecule has 3 fully saturated rings. The normalized spacial score (nSPS) is 41.7. The van der Waals surface area contributed by atoms with Gasteiger partial charge < -0.3 is 0 Å². The Balaban J connectivity index is 1.93. The van der Waals surface area contributed by atoms with Crippen LogP contribution in [0.3, 0.4) is 0 Å². The predicted molar refractivity (Wildman–Crippen MR) is 108 cm³/mol. The van der Waals surface area contributed by atoms with Gasteiger partial charge in [-0.2, -0.15) is 5.10 Å². The van der Waals surface area contributed by atoms with Crippen molar-refractivity contribution in [1.29, 1.82) is 0 Å². The molecule has 0 aromatic carbocycles. The van der Waals surface area contributed by atoms with Crippen molar-refractivity contribution < 1.29 is 0 Å². The first-order valence-corrected chi connectivity index (χ1v) is 10.8. The first-order valence-electron chi connectivity index (χ1n) is 10.4. The van der Waals surface area contributed by atoms with E-state index in [4.69, 9.17) is 16.7 Å². The summed E-state index contributed by atoms with van der Waals surface area (Å²) in [6.07, 6.45) is 7.72. The summed E-state index contributed by atoms with van der Waals surface area (Å²) in [5.74, 6) is 2.16. The number of hydrazone groups is 1. The summed E-state index contributed by atoms with van der Waals surface area (Å²) in [5.41, 5.74) is 2.83. The minimum atomic E-state index is 0.193. The average Bonchev–Trinajstić information content (AvgIpc) is 2.74. The average molecular weight is 366 g/mol. The van der Waals surface area contributed by atoms with Crippen LogP contribution >= 0.6 is 11.6 Å². The lowest BCUT2D eigenvalue weighted by Gasteiger charge is -2.51. The van der Waals surface area contributed by atoms with Gasteiger partial charge in [0.25, 0.3) is 0 Å². The smallest absolute Gasteiger partial charge is 0.105 e. The Morgan fingerprint density at radius 3 is 2.68 bits per heavy atom. The molecule has 2 bridgehead atoms. The van der Waals surface area contributed by atoms with Gasteiger partial charge in [-0.1, -0.05) is 59.1 Å². The molecular formula is C21H36ClN3. The van der Waals surface area contributed by atoms with Crippen LogP contribution in [0.25, 0.3) is 0 Å². The fraction of sp³-hybridized carbons (Fsp3) is 0.857. The number of nitrogens with zero attached hydrogens (tertiary/aromatic N) is 2. The van der Waals surface area contributed by atoms with Crippen molar-refractivity contribution in [3.8, 4) is 0 Å². The van der Waals surface area contributed by atoms with Crippen molar-refractivity contribution in [2.75, 3.05) is 0 Å². The van der Waals surface area contributed by atoms with Crippen molar-refractivity contribution in [2.45, 2.75) is 90.9 Å². The Bertz CT molecular complexity index is 533. The van der Waals surface area contributed by atoms with Gasteiger partial charge >= 0.3 is 0 Å². The standard InChI is InChI=1S/C21H36ClN3/c1-7-9-10-11-16(12(3)8-2)19-17-14(5)20(18(17)22)25-21(23-19)13(4)15(6)24-25/h11-14,17-21,23H,7-10H2,1-6H3/b16-11+/t12-,13+,14-,17-,18+,19-,20-,21-/m0/s1. The molecular weight excluding hydrogens is 330 g/mol. The zero-order valence-corrected chi connectivity index (χ0v) is 17.6. The van der Waals surface area contributed by atoms with E-state index in [1.165, 1.54) is 31.4 Å². The lowest BCUT2D eigenvalue weighted by molar-refractivity contribution is 0.0264. The van der Waals surface area contributed by atoms with E-state index in [1.54, 1.807) is 5.57 Å². The molecule has 2 saturated heterocycles. The van der Waals surface area contributed by atoms with Gasteiger partial charge in [0.05, 0.1) is 11.4 Å². The summed E-state index contributed by atoms with van der Waals surface area (Å²) in [7, 11) is 0. The molecule has 0 spiro atoms. The molecule has 1 aliphatic carbocycles. The molecule has 142 valence electrons. The zero-order chi connectivity index (χ0) is 18.3. The van der Waals surface area contributed by atoms with E-state index in [0.717, 1.165) is 0 Å². The molecule has 3 nitrogen and oxygen atoms in total. The maximum atomic E-state index is 6.95. The van der Waals surface area contributed by atoms with Gasteiger partial charge in [-0.3, -0.25) is 10.3 Å². The fourth-order valence-electron chi connectivity index (χ4n) is 4.99. The third-order valence-corrected chi connectivity index (χ3v) is 7.60. The van der Waals surface area contributed by atoms with E-state index < -0.39 is 0 Å². The largest absolute Gasteiger partial charge is 0.289 e. The Labute approximate surface area is 159 Å². The first-order chi connectivity index (χ1) is 11.9. The van der Waals surface area contributed by atoms with Gasteiger partial charge in [0.15, 0.2) is 0 Å². The molecule has 0 radical (unpaired) electrons. The Hall–Kier alpha value is -0.540. The number of hydrogen-bond donors (Lipinski definition) is 1. The summed E-state index contributed by atoms with van der Waals surface area (Å²) in [5, 5.41) is 11.4. The highest BCUT2D eigenvalue weighted by Gasteiger charge is 2.59. The van der Waals surface area contributed by atoms with E-state index in [1.807, 2.05) is 0 Å². The molecule has 0 amide bonds. The lowest BCUT2D eigenvalue weighted by Crippen LogP contribution is -2.60. The summed E-state index contributed by atoms with van der Waals surface area (Å²) in [6, 6.07) is 0.766. The highest BCUT2D eigenvalue weighted by molar-refractivity contribution is 6.22. The highest BCUT2D eigenvalue weighted by Crippen LogP contribution is 2.51. The predicted octanol–water partition coefficient (Wildman–Crippen LogP) is 5.02. The molecule has 4 rings (SSSR count). The second-order valence-corrected chi connectivity index (χ2v) is 9.03. The van der Waals surface area contributed by atoms with E-state index in [-0.39, 0.29) is 5.38 Å². The lowest BCUT2D eigenvalue weighted by atomic mass is 9.64. The van der Waals surface area contributed by atoms with E-state index in [9.17, 15) is 0 Å². The van der Waals surface area contributed by atoms with E-state index >= 15 is 0 Å². The maximum Gasteiger partial charge on any atom is 0.105 e. The molecule has 0 aromatic heterocycles. The SMILES string of the molecule is CCCC/C=C(\[C@@H](C)CC)[C@@H]1N[C@@H]2[C@H](C)C(C)=NN2[C@H]2[C@@H](C)[C@H]1[C@H]2Cl. The van der Waals surface area contributed by atoms with Gasteiger partial charge in [0.1, 0.15) is 6.17 Å². The van der Waals surface area contributed by atoms with Gasteiger partial charge in [0, 0.05) is 23.6 Å². The van der Waals surface area contributed by atoms with E-state index in [0.29, 0.717) is 41.9 Å². The number of alkyl halides is 1. The molecule has 4 heteroatoms. The number of nitrogens with one attached hydrogen (secondary N) is 1. The van der Waals surface area contributed by atoms with Gasteiger partial charge in [-0.25, -0.2) is 0 Å². The molecule has 3 aliphatic heterocycles. The van der Waals surface area contributed by atoms with Crippen LogP contribution in [0.15, 0.2) is 16.8 Å². The van der Waals surface area contributed by atoms with Crippen LogP contribution in [0, 0.1) is 23.7 Å². The van der Waals surface area contributed by atoms with Crippen LogP contribution in [-0.4, -0.2) is 34.3 Å². The summed E-state index contributed by atoms with van der Waals surface area (Å²) in [4.78, 5) is 0. The molecule has 1 saturated carbocycles. The van der Waals surface area contributed by atoms with Gasteiger partial charge in [-0.05, 0) is 31.6 Å². The van der Waals surface area contributed by atoms with Crippen LogP contribution in [0.5, 0.6) is 0 Å². The number of unbranched alkanes of at least 4 members (excludes halogenated alkanes) is 2. The van der Waals surface area contributed by atoms with Crippen LogP contribution in [0.4, 0.5) is 0 Å². The van der Waals surface area contributed by atoms with Crippen LogP contribution in [0.2, 0.25) is 0 Å². The minimum absolute atomic E-state index is 0.193. The number of fused-ring (bicyclic) bond motifs is 1. The molecule has 1 N–H and O–H groups in total. The molecule has 8 atom stereocenters. The third kappa shape index (κ3) is 3.16. The quantitative estimate of drug-likeness (QED) is 0.406.